The average Bonchev–Trinajstić information content (AvgIpc) is 2.84. The summed E-state index contributed by atoms with van der Waals surface area (Å²) in [5, 5.41) is 8.22. The molecule has 1 amide bonds. The highest BCUT2D eigenvalue weighted by atomic mass is 35.5. The van der Waals surface area contributed by atoms with E-state index >= 15 is 0 Å². The van der Waals surface area contributed by atoms with Crippen molar-refractivity contribution in [1.29, 1.82) is 0 Å². The summed E-state index contributed by atoms with van der Waals surface area (Å²) in [4.78, 5) is 50.6. The van der Waals surface area contributed by atoms with Gasteiger partial charge in [-0.05, 0) is 49.4 Å². The zero-order valence-corrected chi connectivity index (χ0v) is 20.9. The quantitative estimate of drug-likeness (QED) is 0.387. The van der Waals surface area contributed by atoms with Crippen molar-refractivity contribution in [3.05, 3.63) is 51.9 Å². The van der Waals surface area contributed by atoms with Gasteiger partial charge in [0.2, 0.25) is 11.8 Å². The molecule has 1 aliphatic rings. The van der Waals surface area contributed by atoms with Gasteiger partial charge >= 0.3 is 0 Å². The number of benzene rings is 1. The van der Waals surface area contributed by atoms with Crippen molar-refractivity contribution in [3.8, 4) is 5.88 Å². The zero-order valence-electron chi connectivity index (χ0n) is 19.2. The number of carbonyl (C=O) groups excluding carboxylic acids is 1. The number of anilines is 2. The van der Waals surface area contributed by atoms with Crippen LogP contribution in [0.4, 0.5) is 11.5 Å². The van der Waals surface area contributed by atoms with E-state index in [1.165, 1.54) is 13.3 Å². The zero-order chi connectivity index (χ0) is 24.9. The lowest BCUT2D eigenvalue weighted by atomic mass is 9.94. The molecule has 0 saturated carbocycles. The average molecular weight is 520 g/mol. The number of rotatable bonds is 8. The topological polar surface area (TPSA) is 130 Å². The Morgan fingerprint density at radius 2 is 2.06 bits per heavy atom. The normalized spacial score (nSPS) is 14.5. The summed E-state index contributed by atoms with van der Waals surface area (Å²) in [5.41, 5.74) is 0.0559. The van der Waals surface area contributed by atoms with Crippen LogP contribution in [-0.4, -0.2) is 56.8 Å². The maximum Gasteiger partial charge on any atom is 0.280 e. The fourth-order valence-electron chi connectivity index (χ4n) is 4.23. The van der Waals surface area contributed by atoms with Crippen LogP contribution < -0.4 is 20.5 Å². The van der Waals surface area contributed by atoms with Crippen LogP contribution in [0.5, 0.6) is 5.88 Å². The van der Waals surface area contributed by atoms with E-state index < -0.39 is 19.8 Å². The second-order valence-electron chi connectivity index (χ2n) is 8.43. The highest BCUT2D eigenvalue weighted by Gasteiger charge is 2.23. The number of amides is 1. The molecule has 0 aliphatic carbocycles. The van der Waals surface area contributed by atoms with E-state index in [-0.39, 0.29) is 17.8 Å². The van der Waals surface area contributed by atoms with Crippen LogP contribution in [-0.2, 0) is 11.3 Å². The molecule has 4 rings (SSSR count). The number of fused-ring (bicyclic) bond motifs is 1. The molecule has 1 fully saturated rings. The molecule has 186 valence electrons. The van der Waals surface area contributed by atoms with Gasteiger partial charge in [0.05, 0.1) is 13.3 Å². The van der Waals surface area contributed by atoms with Crippen LogP contribution in [0.15, 0.2) is 41.3 Å². The first-order valence-electron chi connectivity index (χ1n) is 11.2. The molecule has 2 aromatic heterocycles. The Morgan fingerprint density at radius 3 is 2.74 bits per heavy atom. The third-order valence-corrected chi connectivity index (χ3v) is 6.95. The van der Waals surface area contributed by atoms with E-state index in [0.717, 1.165) is 37.0 Å². The predicted octanol–water partition coefficient (Wildman–Crippen LogP) is 3.00. The summed E-state index contributed by atoms with van der Waals surface area (Å²) in [6, 6.07) is 8.54. The minimum absolute atomic E-state index is 0.183. The van der Waals surface area contributed by atoms with Crippen molar-refractivity contribution >= 4 is 48.2 Å². The molecule has 1 aliphatic heterocycles. The SMILES string of the molecule is COc1nc(N2CCC(CCP(O)O)CC2)cc2cnn(CC(=O)Nc3cccc(Cl)c3)c(=O)c12. The van der Waals surface area contributed by atoms with E-state index in [2.05, 4.69) is 20.3 Å². The monoisotopic (exact) mass is 519 g/mol. The van der Waals surface area contributed by atoms with Gasteiger partial charge in [-0.2, -0.15) is 10.1 Å². The summed E-state index contributed by atoms with van der Waals surface area (Å²) in [6.07, 6.45) is 4.63. The number of aromatic nitrogens is 3. The molecular weight excluding hydrogens is 493 g/mol. The summed E-state index contributed by atoms with van der Waals surface area (Å²) >= 11 is 5.95. The third kappa shape index (κ3) is 6.27. The number of methoxy groups -OCH3 is 1. The Balaban J connectivity index is 1.51. The van der Waals surface area contributed by atoms with Gasteiger partial charge in [-0.1, -0.05) is 17.7 Å². The van der Waals surface area contributed by atoms with Crippen LogP contribution in [0.2, 0.25) is 5.02 Å². The Labute approximate surface area is 208 Å². The highest BCUT2D eigenvalue weighted by Crippen LogP contribution is 2.32. The Morgan fingerprint density at radius 1 is 1.29 bits per heavy atom. The second-order valence-corrected chi connectivity index (χ2v) is 10.1. The summed E-state index contributed by atoms with van der Waals surface area (Å²) < 4.78 is 6.53. The number of pyridine rings is 1. The van der Waals surface area contributed by atoms with Crippen LogP contribution in [0.3, 0.4) is 0 Å². The predicted molar refractivity (Wildman–Crippen MR) is 136 cm³/mol. The number of ether oxygens (including phenoxy) is 1. The maximum atomic E-state index is 13.1. The van der Waals surface area contributed by atoms with Crippen molar-refractivity contribution in [3.63, 3.8) is 0 Å². The standard InChI is InChI=1S/C23H27ClN5O5P/c1-34-22-21-16(11-19(27-22)28-8-5-15(6-9-28)7-10-35(32)33)13-25-29(23(21)31)14-20(30)26-18-4-2-3-17(24)12-18/h2-4,11-13,15,32-33H,5-10,14H2,1H3,(H,26,30). The molecule has 35 heavy (non-hydrogen) atoms. The molecular formula is C23H27ClN5O5P. The molecule has 3 N–H and O–H groups in total. The smallest absolute Gasteiger partial charge is 0.280 e. The molecule has 3 heterocycles. The first kappa shape index (κ1) is 25.3. The number of hydrogen-bond donors (Lipinski definition) is 3. The van der Waals surface area contributed by atoms with Crippen molar-refractivity contribution in [2.24, 2.45) is 5.92 Å². The number of carbonyl (C=O) groups is 1. The molecule has 12 heteroatoms. The number of piperidine rings is 1. The lowest BCUT2D eigenvalue weighted by Crippen LogP contribution is -2.34. The van der Waals surface area contributed by atoms with Crippen LogP contribution >= 0.6 is 20.0 Å². The van der Waals surface area contributed by atoms with E-state index in [9.17, 15) is 9.59 Å². The van der Waals surface area contributed by atoms with Gasteiger partial charge in [0, 0.05) is 35.3 Å². The van der Waals surface area contributed by atoms with Gasteiger partial charge in [0.25, 0.3) is 5.56 Å². The van der Waals surface area contributed by atoms with E-state index in [4.69, 9.17) is 26.1 Å². The number of nitrogens with one attached hydrogen (secondary N) is 1. The summed E-state index contributed by atoms with van der Waals surface area (Å²) in [5.74, 6) is 0.909. The first-order chi connectivity index (χ1) is 16.8. The second kappa shape index (κ2) is 11.3. The minimum atomic E-state index is -1.84. The fraction of sp³-hybridized carbons (Fsp3) is 0.391. The molecule has 1 saturated heterocycles. The molecule has 0 spiro atoms. The Hall–Kier alpha value is -2.78. The van der Waals surface area contributed by atoms with E-state index in [0.29, 0.717) is 34.0 Å². The lowest BCUT2D eigenvalue weighted by molar-refractivity contribution is -0.117. The molecule has 0 radical (unpaired) electrons. The third-order valence-electron chi connectivity index (χ3n) is 6.06. The maximum absolute atomic E-state index is 13.1. The van der Waals surface area contributed by atoms with Crippen LogP contribution in [0.1, 0.15) is 19.3 Å². The van der Waals surface area contributed by atoms with E-state index in [1.807, 2.05) is 6.07 Å². The molecule has 3 aromatic rings. The molecule has 0 bridgehead atoms. The van der Waals surface area contributed by atoms with Crippen molar-refractivity contribution < 1.29 is 19.3 Å². The van der Waals surface area contributed by atoms with Gasteiger partial charge in [-0.3, -0.25) is 9.59 Å². The minimum Gasteiger partial charge on any atom is -0.480 e. The number of halogens is 1. The largest absolute Gasteiger partial charge is 0.480 e. The molecule has 0 atom stereocenters. The van der Waals surface area contributed by atoms with E-state index in [1.54, 1.807) is 24.3 Å². The lowest BCUT2D eigenvalue weighted by Gasteiger charge is -2.33. The van der Waals surface area contributed by atoms with Gasteiger partial charge in [-0.25, -0.2) is 4.68 Å². The van der Waals surface area contributed by atoms with Crippen LogP contribution in [0, 0.1) is 5.92 Å². The van der Waals surface area contributed by atoms with Gasteiger partial charge in [0.15, 0.2) is 8.38 Å². The van der Waals surface area contributed by atoms with Crippen molar-refractivity contribution in [2.75, 3.05) is 36.6 Å². The number of hydrogen-bond acceptors (Lipinski definition) is 8. The van der Waals surface area contributed by atoms with Crippen molar-refractivity contribution in [2.45, 2.75) is 25.8 Å². The first-order valence-corrected chi connectivity index (χ1v) is 13.1. The summed E-state index contributed by atoms with van der Waals surface area (Å²) in [7, 11) is -0.390. The number of nitrogens with zero attached hydrogens (tertiary/aromatic N) is 4. The molecule has 1 aromatic carbocycles. The van der Waals surface area contributed by atoms with Gasteiger partial charge in [0.1, 0.15) is 17.7 Å². The molecule has 0 unspecified atom stereocenters. The highest BCUT2D eigenvalue weighted by molar-refractivity contribution is 7.45. The Kier molecular flexibility index (Phi) is 8.18. The molecule has 10 nitrogen and oxygen atoms in total. The van der Waals surface area contributed by atoms with Crippen molar-refractivity contribution in [1.82, 2.24) is 14.8 Å². The Bertz CT molecular complexity index is 1260. The van der Waals surface area contributed by atoms with Gasteiger partial charge < -0.3 is 24.7 Å². The fourth-order valence-corrected chi connectivity index (χ4v) is 5.02. The van der Waals surface area contributed by atoms with Crippen LogP contribution in [0.25, 0.3) is 10.8 Å². The summed E-state index contributed by atoms with van der Waals surface area (Å²) in [6.45, 7) is 1.27. The van der Waals surface area contributed by atoms with Gasteiger partial charge in [-0.15, -0.1) is 0 Å².